The maximum Gasteiger partial charge on any atom is 0.0296 e. The number of nitrogens with zero attached hydrogens (tertiary/aromatic N) is 2. The Bertz CT molecular complexity index is 142. The molecule has 84 valence electrons. The fraction of sp³-hybridized carbons (Fsp3) is 0.778. The summed E-state index contributed by atoms with van der Waals surface area (Å²) in [6.07, 6.45) is 4.01. The van der Waals surface area contributed by atoms with Crippen LogP contribution >= 0.6 is 0 Å². The third-order valence-corrected chi connectivity index (χ3v) is 1.85. The lowest BCUT2D eigenvalue weighted by Crippen LogP contribution is -2.30. The quantitative estimate of drug-likeness (QED) is 0.448. The fourth-order valence-corrected chi connectivity index (χ4v) is 1.08. The highest BCUT2D eigenvalue weighted by Gasteiger charge is 1.95. The van der Waals surface area contributed by atoms with Crippen molar-refractivity contribution in [3.8, 4) is 0 Å². The van der Waals surface area contributed by atoms with Gasteiger partial charge in [0.1, 0.15) is 0 Å². The van der Waals surface area contributed by atoms with Crippen molar-refractivity contribution in [2.45, 2.75) is 0 Å². The lowest BCUT2D eigenvalue weighted by molar-refractivity contribution is 0.378. The standard InChI is InChI=1S/C9H23N5/c1-13(5-2-10)8-9-14(6-3-11)7-4-12/h8-9H,2-7,10-12H2,1H3/b9-8+. The normalized spacial score (nSPS) is 10.9. The number of likely N-dealkylation sites (N-methyl/N-ethyl adjacent to an activating group) is 1. The van der Waals surface area contributed by atoms with E-state index in [1.165, 1.54) is 0 Å². The van der Waals surface area contributed by atoms with E-state index in [0.29, 0.717) is 19.6 Å². The van der Waals surface area contributed by atoms with E-state index in [2.05, 4.69) is 4.90 Å². The van der Waals surface area contributed by atoms with Gasteiger partial charge in [-0.15, -0.1) is 0 Å². The van der Waals surface area contributed by atoms with Gasteiger partial charge < -0.3 is 27.0 Å². The summed E-state index contributed by atoms with van der Waals surface area (Å²) in [4.78, 5) is 4.15. The Balaban J connectivity index is 3.86. The first-order valence-electron chi connectivity index (χ1n) is 4.97. The molecular weight excluding hydrogens is 178 g/mol. The van der Waals surface area contributed by atoms with Crippen molar-refractivity contribution in [3.63, 3.8) is 0 Å². The lowest BCUT2D eigenvalue weighted by Gasteiger charge is -2.20. The topological polar surface area (TPSA) is 84.5 Å². The molecule has 0 aromatic rings. The SMILES string of the molecule is CN(/C=C/N(CCN)CCN)CCN. The Morgan fingerprint density at radius 1 is 0.857 bits per heavy atom. The second-order valence-corrected chi connectivity index (χ2v) is 3.18. The van der Waals surface area contributed by atoms with Crippen LogP contribution in [0.25, 0.3) is 0 Å². The average molecular weight is 201 g/mol. The molecule has 0 saturated heterocycles. The Hall–Kier alpha value is -0.780. The monoisotopic (exact) mass is 201 g/mol. The Kier molecular flexibility index (Phi) is 8.31. The Labute approximate surface area is 86.5 Å². The van der Waals surface area contributed by atoms with Gasteiger partial charge in [0.05, 0.1) is 0 Å². The molecule has 0 spiro atoms. The third kappa shape index (κ3) is 6.71. The molecule has 0 saturated carbocycles. The molecule has 0 atom stereocenters. The molecule has 0 aromatic heterocycles. The first-order chi connectivity index (χ1) is 6.74. The van der Waals surface area contributed by atoms with Gasteiger partial charge in [-0.25, -0.2) is 0 Å². The van der Waals surface area contributed by atoms with Crippen molar-refractivity contribution in [2.24, 2.45) is 17.2 Å². The predicted octanol–water partition coefficient (Wildman–Crippen LogP) is -1.43. The summed E-state index contributed by atoms with van der Waals surface area (Å²) in [6, 6.07) is 0. The highest BCUT2D eigenvalue weighted by Crippen LogP contribution is 1.90. The van der Waals surface area contributed by atoms with Gasteiger partial charge in [-0.1, -0.05) is 0 Å². The van der Waals surface area contributed by atoms with Crippen molar-refractivity contribution >= 4 is 0 Å². The molecular formula is C9H23N5. The molecule has 0 bridgehead atoms. The third-order valence-electron chi connectivity index (χ3n) is 1.85. The largest absolute Gasteiger partial charge is 0.378 e. The molecule has 14 heavy (non-hydrogen) atoms. The zero-order valence-electron chi connectivity index (χ0n) is 9.02. The van der Waals surface area contributed by atoms with E-state index in [-0.39, 0.29) is 0 Å². The molecule has 0 heterocycles. The van der Waals surface area contributed by atoms with Crippen molar-refractivity contribution in [3.05, 3.63) is 12.4 Å². The van der Waals surface area contributed by atoms with Crippen molar-refractivity contribution in [2.75, 3.05) is 46.3 Å². The van der Waals surface area contributed by atoms with Crippen molar-refractivity contribution in [1.82, 2.24) is 9.80 Å². The number of nitrogens with two attached hydrogens (primary N) is 3. The maximum absolute atomic E-state index is 5.47. The average Bonchev–Trinajstić information content (AvgIpc) is 2.15. The van der Waals surface area contributed by atoms with Gasteiger partial charge in [0, 0.05) is 58.7 Å². The van der Waals surface area contributed by atoms with E-state index in [1.807, 2.05) is 24.3 Å². The van der Waals surface area contributed by atoms with Crippen LogP contribution in [0, 0.1) is 0 Å². The van der Waals surface area contributed by atoms with Gasteiger partial charge in [-0.2, -0.15) is 0 Å². The van der Waals surface area contributed by atoms with Crippen LogP contribution in [0.2, 0.25) is 0 Å². The first kappa shape index (κ1) is 13.2. The molecule has 0 aliphatic rings. The summed E-state index contributed by atoms with van der Waals surface area (Å²) in [6.45, 7) is 4.48. The van der Waals surface area contributed by atoms with E-state index in [9.17, 15) is 0 Å². The first-order valence-corrected chi connectivity index (χ1v) is 4.97. The highest BCUT2D eigenvalue weighted by atomic mass is 15.1. The zero-order valence-corrected chi connectivity index (χ0v) is 9.02. The zero-order chi connectivity index (χ0) is 10.8. The lowest BCUT2D eigenvalue weighted by atomic mass is 10.5. The van der Waals surface area contributed by atoms with Gasteiger partial charge in [0.25, 0.3) is 0 Å². The minimum atomic E-state index is 0.644. The van der Waals surface area contributed by atoms with E-state index in [4.69, 9.17) is 17.2 Å². The number of hydrogen-bond donors (Lipinski definition) is 3. The van der Waals surface area contributed by atoms with Crippen LogP contribution in [-0.2, 0) is 0 Å². The molecule has 0 aromatic carbocycles. The van der Waals surface area contributed by atoms with Crippen LogP contribution < -0.4 is 17.2 Å². The Morgan fingerprint density at radius 3 is 1.79 bits per heavy atom. The molecule has 5 heteroatoms. The molecule has 0 fully saturated rings. The van der Waals surface area contributed by atoms with E-state index >= 15 is 0 Å². The summed E-state index contributed by atoms with van der Waals surface area (Å²) in [5.74, 6) is 0. The summed E-state index contributed by atoms with van der Waals surface area (Å²) < 4.78 is 0. The van der Waals surface area contributed by atoms with Crippen LogP contribution in [0.15, 0.2) is 12.4 Å². The summed E-state index contributed by atoms with van der Waals surface area (Å²) in [7, 11) is 1.99. The van der Waals surface area contributed by atoms with Gasteiger partial charge in [-0.05, 0) is 0 Å². The summed E-state index contributed by atoms with van der Waals surface area (Å²) >= 11 is 0. The van der Waals surface area contributed by atoms with E-state index in [1.54, 1.807) is 0 Å². The summed E-state index contributed by atoms with van der Waals surface area (Å²) in [5.41, 5.74) is 16.4. The van der Waals surface area contributed by atoms with Crippen LogP contribution in [0.1, 0.15) is 0 Å². The molecule has 0 aliphatic carbocycles. The van der Waals surface area contributed by atoms with Crippen LogP contribution in [0.4, 0.5) is 0 Å². The maximum atomic E-state index is 5.47. The molecule has 5 nitrogen and oxygen atoms in total. The smallest absolute Gasteiger partial charge is 0.0296 e. The minimum absolute atomic E-state index is 0.644. The minimum Gasteiger partial charge on any atom is -0.378 e. The predicted molar refractivity (Wildman–Crippen MR) is 60.5 cm³/mol. The van der Waals surface area contributed by atoms with Gasteiger partial charge in [-0.3, -0.25) is 0 Å². The number of hydrogen-bond acceptors (Lipinski definition) is 5. The molecule has 0 aliphatic heterocycles. The summed E-state index contributed by atoms with van der Waals surface area (Å²) in [5, 5.41) is 0. The van der Waals surface area contributed by atoms with Crippen LogP contribution in [0.5, 0.6) is 0 Å². The fourth-order valence-electron chi connectivity index (χ4n) is 1.08. The van der Waals surface area contributed by atoms with Gasteiger partial charge in [0.15, 0.2) is 0 Å². The van der Waals surface area contributed by atoms with Crippen LogP contribution in [-0.4, -0.2) is 56.1 Å². The highest BCUT2D eigenvalue weighted by molar-refractivity contribution is 4.82. The van der Waals surface area contributed by atoms with E-state index in [0.717, 1.165) is 19.6 Å². The molecule has 6 N–H and O–H groups in total. The van der Waals surface area contributed by atoms with Crippen molar-refractivity contribution < 1.29 is 0 Å². The van der Waals surface area contributed by atoms with Gasteiger partial charge >= 0.3 is 0 Å². The van der Waals surface area contributed by atoms with Crippen molar-refractivity contribution in [1.29, 1.82) is 0 Å². The number of rotatable bonds is 8. The molecule has 0 radical (unpaired) electrons. The van der Waals surface area contributed by atoms with E-state index < -0.39 is 0 Å². The van der Waals surface area contributed by atoms with Gasteiger partial charge in [0.2, 0.25) is 0 Å². The molecule has 0 amide bonds. The molecule has 0 rings (SSSR count). The molecule has 0 unspecified atom stereocenters. The van der Waals surface area contributed by atoms with Crippen LogP contribution in [0.3, 0.4) is 0 Å². The second-order valence-electron chi connectivity index (χ2n) is 3.18. The second kappa shape index (κ2) is 8.80. The Morgan fingerprint density at radius 2 is 1.36 bits per heavy atom.